The topological polar surface area (TPSA) is 92.9 Å². The van der Waals surface area contributed by atoms with Gasteiger partial charge in [-0.15, -0.1) is 0 Å². The molecule has 8 heteroatoms. The zero-order valence-corrected chi connectivity index (χ0v) is 13.7. The molecule has 124 valence electrons. The molecule has 2 aromatic carbocycles. The van der Waals surface area contributed by atoms with Crippen LogP contribution >= 0.6 is 0 Å². The Morgan fingerprint density at radius 3 is 2.50 bits per heavy atom. The number of sulfonamides is 1. The fourth-order valence-electron chi connectivity index (χ4n) is 2.69. The largest absolute Gasteiger partial charge is 0.269 e. The van der Waals surface area contributed by atoms with Gasteiger partial charge in [-0.1, -0.05) is 42.5 Å². The predicted octanol–water partition coefficient (Wildman–Crippen LogP) is 2.71. The minimum atomic E-state index is -3.60. The molecule has 3 rings (SSSR count). The Balaban J connectivity index is 2.02. The van der Waals surface area contributed by atoms with Crippen molar-refractivity contribution < 1.29 is 13.3 Å². The summed E-state index contributed by atoms with van der Waals surface area (Å²) in [4.78, 5) is 10.5. The highest BCUT2D eigenvalue weighted by Crippen LogP contribution is 2.35. The van der Waals surface area contributed by atoms with Gasteiger partial charge in [-0.3, -0.25) is 10.1 Å². The van der Waals surface area contributed by atoms with Gasteiger partial charge in [0.1, 0.15) is 0 Å². The van der Waals surface area contributed by atoms with E-state index in [0.717, 1.165) is 16.2 Å². The second-order valence-corrected chi connectivity index (χ2v) is 7.36. The summed E-state index contributed by atoms with van der Waals surface area (Å²) in [6.45, 7) is 0. The van der Waals surface area contributed by atoms with Gasteiger partial charge in [-0.25, -0.2) is 8.42 Å². The van der Waals surface area contributed by atoms with Crippen molar-refractivity contribution in [2.75, 3.05) is 6.26 Å². The van der Waals surface area contributed by atoms with Crippen molar-refractivity contribution in [3.63, 3.8) is 0 Å². The minimum absolute atomic E-state index is 0.0749. The van der Waals surface area contributed by atoms with Crippen molar-refractivity contribution in [3.05, 3.63) is 75.8 Å². The van der Waals surface area contributed by atoms with Crippen molar-refractivity contribution >= 4 is 21.4 Å². The molecular formula is C16H15N3O4S. The Labute approximate surface area is 139 Å². The lowest BCUT2D eigenvalue weighted by Crippen LogP contribution is -2.25. The fraction of sp³-hybridized carbons (Fsp3) is 0.188. The molecule has 0 saturated heterocycles. The molecule has 0 aromatic heterocycles. The summed E-state index contributed by atoms with van der Waals surface area (Å²) < 4.78 is 25.2. The summed E-state index contributed by atoms with van der Waals surface area (Å²) in [5, 5.41) is 15.2. The summed E-state index contributed by atoms with van der Waals surface area (Å²) in [5.41, 5.74) is 1.94. The highest BCUT2D eigenvalue weighted by Gasteiger charge is 2.35. The van der Waals surface area contributed by atoms with E-state index in [2.05, 4.69) is 5.10 Å². The van der Waals surface area contributed by atoms with Gasteiger partial charge in [-0.2, -0.15) is 9.52 Å². The van der Waals surface area contributed by atoms with Crippen molar-refractivity contribution in [1.82, 2.24) is 4.41 Å². The first kappa shape index (κ1) is 16.1. The van der Waals surface area contributed by atoms with Crippen LogP contribution < -0.4 is 0 Å². The first-order valence-electron chi connectivity index (χ1n) is 7.23. The number of hydrogen-bond acceptors (Lipinski definition) is 5. The van der Waals surface area contributed by atoms with Crippen molar-refractivity contribution in [3.8, 4) is 0 Å². The van der Waals surface area contributed by atoms with Gasteiger partial charge in [0.15, 0.2) is 0 Å². The molecule has 2 aromatic rings. The summed E-state index contributed by atoms with van der Waals surface area (Å²) in [6, 6.07) is 14.7. The smallest absolute Gasteiger partial charge is 0.258 e. The average molecular weight is 345 g/mol. The number of nitro benzene ring substituents is 1. The molecule has 1 atom stereocenters. The van der Waals surface area contributed by atoms with Gasteiger partial charge < -0.3 is 0 Å². The number of hydrazone groups is 1. The maximum Gasteiger partial charge on any atom is 0.269 e. The van der Waals surface area contributed by atoms with E-state index in [1.807, 2.05) is 30.3 Å². The van der Waals surface area contributed by atoms with E-state index in [0.29, 0.717) is 17.7 Å². The molecular weight excluding hydrogens is 330 g/mol. The molecule has 0 N–H and O–H groups in total. The second kappa shape index (κ2) is 6.04. The van der Waals surface area contributed by atoms with Crippen LogP contribution in [0.4, 0.5) is 5.69 Å². The Hall–Kier alpha value is -2.74. The molecule has 24 heavy (non-hydrogen) atoms. The Morgan fingerprint density at radius 1 is 1.17 bits per heavy atom. The molecule has 0 bridgehead atoms. The molecule has 0 aliphatic carbocycles. The third-order valence-electron chi connectivity index (χ3n) is 3.79. The maximum absolute atomic E-state index is 12.1. The molecule has 1 heterocycles. The highest BCUT2D eigenvalue weighted by molar-refractivity contribution is 7.88. The molecule has 0 unspecified atom stereocenters. The highest BCUT2D eigenvalue weighted by atomic mass is 32.2. The van der Waals surface area contributed by atoms with E-state index in [9.17, 15) is 18.5 Å². The third-order valence-corrected chi connectivity index (χ3v) is 4.80. The molecule has 0 radical (unpaired) electrons. The number of nitrogens with zero attached hydrogens (tertiary/aromatic N) is 3. The Kier molecular flexibility index (Phi) is 4.06. The van der Waals surface area contributed by atoms with Crippen LogP contribution in [0, 0.1) is 10.1 Å². The molecule has 0 saturated carbocycles. The van der Waals surface area contributed by atoms with Gasteiger partial charge in [0.2, 0.25) is 10.0 Å². The molecule has 0 fully saturated rings. The van der Waals surface area contributed by atoms with Crippen molar-refractivity contribution in [2.24, 2.45) is 5.10 Å². The van der Waals surface area contributed by atoms with E-state index in [-0.39, 0.29) is 5.69 Å². The van der Waals surface area contributed by atoms with Gasteiger partial charge >= 0.3 is 0 Å². The number of hydrogen-bond donors (Lipinski definition) is 0. The first-order valence-corrected chi connectivity index (χ1v) is 9.08. The number of benzene rings is 2. The lowest BCUT2D eigenvalue weighted by Gasteiger charge is -2.21. The normalized spacial score (nSPS) is 17.6. The van der Waals surface area contributed by atoms with Crippen LogP contribution in [0.3, 0.4) is 0 Å². The SMILES string of the molecule is CS(=O)(=O)N1N=C(c2ccccc2)C[C@H]1c1cccc([N+](=O)[O-])c1. The van der Waals surface area contributed by atoms with Gasteiger partial charge in [0, 0.05) is 18.6 Å². The fourth-order valence-corrected chi connectivity index (χ4v) is 3.60. The van der Waals surface area contributed by atoms with E-state index >= 15 is 0 Å². The van der Waals surface area contributed by atoms with Crippen LogP contribution in [0.15, 0.2) is 59.7 Å². The molecule has 1 aliphatic rings. The van der Waals surface area contributed by atoms with Gasteiger partial charge in [0.05, 0.1) is 22.9 Å². The van der Waals surface area contributed by atoms with Crippen molar-refractivity contribution in [1.29, 1.82) is 0 Å². The van der Waals surface area contributed by atoms with Crippen LogP contribution in [0.1, 0.15) is 23.6 Å². The lowest BCUT2D eigenvalue weighted by molar-refractivity contribution is -0.384. The van der Waals surface area contributed by atoms with Gasteiger partial charge in [0.25, 0.3) is 5.69 Å². The average Bonchev–Trinajstić information content (AvgIpc) is 3.01. The summed E-state index contributed by atoms with van der Waals surface area (Å²) in [7, 11) is -3.60. The monoisotopic (exact) mass is 345 g/mol. The van der Waals surface area contributed by atoms with Crippen LogP contribution in [0.5, 0.6) is 0 Å². The molecule has 0 amide bonds. The standard InChI is InChI=1S/C16H15N3O4S/c1-24(22,23)18-16(13-8-5-9-14(10-13)19(20)21)11-15(17-18)12-6-3-2-4-7-12/h2-10,16H,11H2,1H3/t16-/m0/s1. The number of non-ortho nitro benzene ring substituents is 1. The van der Waals surface area contributed by atoms with Crippen LogP contribution in [0.2, 0.25) is 0 Å². The second-order valence-electron chi connectivity index (χ2n) is 5.52. The van der Waals surface area contributed by atoms with Crippen molar-refractivity contribution in [2.45, 2.75) is 12.5 Å². The summed E-state index contributed by atoms with van der Waals surface area (Å²) >= 11 is 0. The third kappa shape index (κ3) is 3.13. The van der Waals surface area contributed by atoms with Crippen LogP contribution in [-0.2, 0) is 10.0 Å². The lowest BCUT2D eigenvalue weighted by atomic mass is 9.99. The van der Waals surface area contributed by atoms with E-state index in [1.54, 1.807) is 12.1 Å². The predicted molar refractivity (Wildman–Crippen MR) is 90.1 cm³/mol. The Morgan fingerprint density at radius 2 is 1.88 bits per heavy atom. The number of rotatable bonds is 4. The molecule has 1 aliphatic heterocycles. The summed E-state index contributed by atoms with van der Waals surface area (Å²) in [5.74, 6) is 0. The zero-order valence-electron chi connectivity index (χ0n) is 12.9. The van der Waals surface area contributed by atoms with E-state index in [4.69, 9.17) is 0 Å². The molecule has 7 nitrogen and oxygen atoms in total. The van der Waals surface area contributed by atoms with E-state index < -0.39 is 21.0 Å². The maximum atomic E-state index is 12.1. The molecule has 0 spiro atoms. The van der Waals surface area contributed by atoms with Crippen LogP contribution in [0.25, 0.3) is 0 Å². The number of nitro groups is 1. The first-order chi connectivity index (χ1) is 11.4. The quantitative estimate of drug-likeness (QED) is 0.629. The summed E-state index contributed by atoms with van der Waals surface area (Å²) in [6.07, 6.45) is 1.44. The van der Waals surface area contributed by atoms with E-state index in [1.165, 1.54) is 12.1 Å². The van der Waals surface area contributed by atoms with Gasteiger partial charge in [-0.05, 0) is 11.1 Å². The Bertz CT molecular complexity index is 910. The zero-order chi connectivity index (χ0) is 17.3. The minimum Gasteiger partial charge on any atom is -0.258 e. The van der Waals surface area contributed by atoms with Crippen LogP contribution in [-0.4, -0.2) is 29.7 Å².